The Hall–Kier alpha value is -2.35. The summed E-state index contributed by atoms with van der Waals surface area (Å²) in [5.74, 6) is 1.30. The number of hydrogen-bond donors (Lipinski definition) is 0. The minimum atomic E-state index is 0.992. The maximum Gasteiger partial charge on any atom is 0.254 e. The second-order valence-corrected chi connectivity index (χ2v) is 5.67. The molecule has 0 fully saturated rings. The molecule has 0 aliphatic carbocycles. The predicted molar refractivity (Wildman–Crippen MR) is 88.5 cm³/mol. The highest BCUT2D eigenvalue weighted by atomic mass is 15.1. The lowest BCUT2D eigenvalue weighted by Gasteiger charge is -2.05. The molecule has 0 saturated carbocycles. The Morgan fingerprint density at radius 3 is 2.48 bits per heavy atom. The Labute approximate surface area is 124 Å². The molecule has 0 aliphatic heterocycles. The Bertz CT molecular complexity index is 993. The lowest BCUT2D eigenvalue weighted by Crippen LogP contribution is -2.35. The summed E-state index contributed by atoms with van der Waals surface area (Å²) >= 11 is 0. The van der Waals surface area contributed by atoms with Gasteiger partial charge in [-0.1, -0.05) is 36.4 Å². The molecule has 0 amide bonds. The average Bonchev–Trinajstić information content (AvgIpc) is 2.78. The minimum absolute atomic E-state index is 0.992. The van der Waals surface area contributed by atoms with Crippen molar-refractivity contribution in [2.24, 2.45) is 7.05 Å². The number of aromatic nitrogens is 2. The summed E-state index contributed by atoms with van der Waals surface area (Å²) in [4.78, 5) is 0. The zero-order valence-electron chi connectivity index (χ0n) is 12.7. The number of fused-ring (bicyclic) bond motifs is 5. The first-order valence-corrected chi connectivity index (χ1v) is 7.51. The first kappa shape index (κ1) is 12.4. The summed E-state index contributed by atoms with van der Waals surface area (Å²) in [6.07, 6.45) is 0. The predicted octanol–water partition coefficient (Wildman–Crippen LogP) is 4.10. The summed E-state index contributed by atoms with van der Waals surface area (Å²) in [5, 5.41) is 5.33. The lowest BCUT2D eigenvalue weighted by atomic mass is 10.0. The SMILES string of the molecule is CC[n+]1c(C)n(C)c2ccc3ccc4ccccc4c3c21. The van der Waals surface area contributed by atoms with E-state index in [9.17, 15) is 0 Å². The van der Waals surface area contributed by atoms with Gasteiger partial charge < -0.3 is 0 Å². The lowest BCUT2D eigenvalue weighted by molar-refractivity contribution is -0.674. The van der Waals surface area contributed by atoms with Crippen molar-refractivity contribution in [1.29, 1.82) is 0 Å². The number of hydrogen-bond acceptors (Lipinski definition) is 0. The maximum atomic E-state index is 2.42. The topological polar surface area (TPSA) is 8.81 Å². The highest BCUT2D eigenvalue weighted by Gasteiger charge is 2.21. The van der Waals surface area contributed by atoms with E-state index >= 15 is 0 Å². The van der Waals surface area contributed by atoms with E-state index in [0.29, 0.717) is 0 Å². The van der Waals surface area contributed by atoms with E-state index in [-0.39, 0.29) is 0 Å². The van der Waals surface area contributed by atoms with E-state index in [0.717, 1.165) is 6.54 Å². The number of rotatable bonds is 1. The van der Waals surface area contributed by atoms with Crippen LogP contribution in [0.15, 0.2) is 48.5 Å². The highest BCUT2D eigenvalue weighted by molar-refractivity contribution is 6.17. The third-order valence-corrected chi connectivity index (χ3v) is 4.68. The fourth-order valence-corrected chi connectivity index (χ4v) is 3.52. The van der Waals surface area contributed by atoms with Crippen LogP contribution in [0.25, 0.3) is 32.6 Å². The second-order valence-electron chi connectivity index (χ2n) is 5.67. The van der Waals surface area contributed by atoms with Gasteiger partial charge in [-0.25, -0.2) is 9.13 Å². The van der Waals surface area contributed by atoms with E-state index < -0.39 is 0 Å². The quantitative estimate of drug-likeness (QED) is 0.365. The van der Waals surface area contributed by atoms with Gasteiger partial charge in [-0.05, 0) is 35.2 Å². The number of benzene rings is 3. The van der Waals surface area contributed by atoms with Gasteiger partial charge in [0, 0.05) is 12.3 Å². The van der Waals surface area contributed by atoms with E-state index in [4.69, 9.17) is 0 Å². The van der Waals surface area contributed by atoms with Gasteiger partial charge in [0.15, 0.2) is 11.0 Å². The summed E-state index contributed by atoms with van der Waals surface area (Å²) < 4.78 is 4.71. The second kappa shape index (κ2) is 4.32. The Morgan fingerprint density at radius 2 is 1.67 bits per heavy atom. The number of nitrogens with zero attached hydrogens (tertiary/aromatic N) is 2. The van der Waals surface area contributed by atoms with Crippen LogP contribution < -0.4 is 4.57 Å². The van der Waals surface area contributed by atoms with Crippen LogP contribution in [0, 0.1) is 6.92 Å². The molecule has 3 aromatic carbocycles. The smallest absolute Gasteiger partial charge is 0.230 e. The van der Waals surface area contributed by atoms with Crippen LogP contribution in [0.5, 0.6) is 0 Å². The molecular formula is C19H19N2+. The van der Waals surface area contributed by atoms with Gasteiger partial charge in [0.25, 0.3) is 5.82 Å². The van der Waals surface area contributed by atoms with Gasteiger partial charge >= 0.3 is 0 Å². The fourth-order valence-electron chi connectivity index (χ4n) is 3.52. The van der Waals surface area contributed by atoms with Crippen LogP contribution in [-0.4, -0.2) is 4.57 Å². The van der Waals surface area contributed by atoms with Crippen molar-refractivity contribution >= 4 is 32.6 Å². The largest absolute Gasteiger partial charge is 0.254 e. The molecule has 0 radical (unpaired) electrons. The molecule has 0 unspecified atom stereocenters. The van der Waals surface area contributed by atoms with Crippen LogP contribution in [-0.2, 0) is 13.6 Å². The molecular weight excluding hydrogens is 256 g/mol. The molecule has 0 N–H and O–H groups in total. The molecule has 4 aromatic rings. The molecule has 0 atom stereocenters. The fraction of sp³-hybridized carbons (Fsp3) is 0.211. The molecule has 0 bridgehead atoms. The molecule has 0 saturated heterocycles. The molecule has 0 aliphatic rings. The van der Waals surface area contributed by atoms with Gasteiger partial charge in [-0.3, -0.25) is 0 Å². The molecule has 104 valence electrons. The van der Waals surface area contributed by atoms with Gasteiger partial charge in [0.05, 0.1) is 13.6 Å². The Balaban J connectivity index is 2.38. The van der Waals surface area contributed by atoms with Crippen LogP contribution in [0.3, 0.4) is 0 Å². The van der Waals surface area contributed by atoms with E-state index in [1.807, 2.05) is 0 Å². The molecule has 0 spiro atoms. The van der Waals surface area contributed by atoms with Crippen LogP contribution in [0.2, 0.25) is 0 Å². The average molecular weight is 275 g/mol. The van der Waals surface area contributed by atoms with Crippen LogP contribution in [0.4, 0.5) is 0 Å². The van der Waals surface area contributed by atoms with Gasteiger partial charge in [0.1, 0.15) is 0 Å². The van der Waals surface area contributed by atoms with Gasteiger partial charge in [-0.2, -0.15) is 0 Å². The van der Waals surface area contributed by atoms with Crippen molar-refractivity contribution in [2.45, 2.75) is 20.4 Å². The van der Waals surface area contributed by atoms with E-state index in [1.54, 1.807) is 0 Å². The number of aryl methyl sites for hydroxylation is 2. The van der Waals surface area contributed by atoms with Crippen LogP contribution in [0.1, 0.15) is 12.7 Å². The Kier molecular flexibility index (Phi) is 2.55. The van der Waals surface area contributed by atoms with Crippen molar-refractivity contribution in [3.05, 3.63) is 54.4 Å². The van der Waals surface area contributed by atoms with Crippen molar-refractivity contribution < 1.29 is 4.57 Å². The van der Waals surface area contributed by atoms with E-state index in [2.05, 4.69) is 78.6 Å². The van der Waals surface area contributed by atoms with Crippen molar-refractivity contribution in [3.8, 4) is 0 Å². The molecule has 2 heteroatoms. The van der Waals surface area contributed by atoms with Crippen molar-refractivity contribution in [3.63, 3.8) is 0 Å². The Morgan fingerprint density at radius 1 is 0.952 bits per heavy atom. The number of imidazole rings is 1. The van der Waals surface area contributed by atoms with Crippen LogP contribution >= 0.6 is 0 Å². The summed E-state index contributed by atoms with van der Waals surface area (Å²) in [6.45, 7) is 5.41. The third-order valence-electron chi connectivity index (χ3n) is 4.68. The first-order chi connectivity index (χ1) is 10.2. The molecule has 1 heterocycles. The normalized spacial score (nSPS) is 11.8. The zero-order valence-corrected chi connectivity index (χ0v) is 12.7. The van der Waals surface area contributed by atoms with Crippen molar-refractivity contribution in [1.82, 2.24) is 4.57 Å². The summed E-state index contributed by atoms with van der Waals surface area (Å²) in [6, 6.07) is 17.6. The maximum absolute atomic E-state index is 2.42. The molecule has 2 nitrogen and oxygen atoms in total. The zero-order chi connectivity index (χ0) is 14.6. The minimum Gasteiger partial charge on any atom is -0.230 e. The summed E-state index contributed by atoms with van der Waals surface area (Å²) in [7, 11) is 2.15. The summed E-state index contributed by atoms with van der Waals surface area (Å²) in [5.41, 5.74) is 2.66. The molecule has 1 aromatic heterocycles. The van der Waals surface area contributed by atoms with Gasteiger partial charge in [0.2, 0.25) is 0 Å². The monoisotopic (exact) mass is 275 g/mol. The van der Waals surface area contributed by atoms with E-state index in [1.165, 1.54) is 38.4 Å². The third kappa shape index (κ3) is 1.56. The standard InChI is InChI=1S/C19H19N2/c1-4-21-13(2)20(3)17-12-11-15-10-9-14-7-5-6-8-16(14)18(15)19(17)21/h5-12H,4H2,1-3H3/q+1. The first-order valence-electron chi connectivity index (χ1n) is 7.51. The van der Waals surface area contributed by atoms with Crippen molar-refractivity contribution in [2.75, 3.05) is 0 Å². The molecule has 4 rings (SSSR count). The molecule has 21 heavy (non-hydrogen) atoms. The highest BCUT2D eigenvalue weighted by Crippen LogP contribution is 2.31. The van der Waals surface area contributed by atoms with Gasteiger partial charge in [-0.15, -0.1) is 0 Å².